The van der Waals surface area contributed by atoms with Gasteiger partial charge in [0.2, 0.25) is 0 Å². The van der Waals surface area contributed by atoms with Gasteiger partial charge in [-0.3, -0.25) is 9.59 Å². The van der Waals surface area contributed by atoms with Crippen LogP contribution in [0.5, 0.6) is 0 Å². The topological polar surface area (TPSA) is 63.7 Å². The van der Waals surface area contributed by atoms with Gasteiger partial charge in [-0.05, 0) is 36.2 Å². The SMILES string of the molecule is CCOC(=O)C1C(c2ccc(Br)cc2)C2(C(=O)c3ccccc3C2=O)C2C=Cc3ccccc3N12. The molecule has 0 N–H and O–H groups in total. The van der Waals surface area contributed by atoms with E-state index >= 15 is 0 Å². The zero-order valence-corrected chi connectivity index (χ0v) is 20.6. The van der Waals surface area contributed by atoms with Gasteiger partial charge >= 0.3 is 5.97 Å². The highest BCUT2D eigenvalue weighted by Gasteiger charge is 2.71. The maximum absolute atomic E-state index is 14.3. The predicted octanol–water partition coefficient (Wildman–Crippen LogP) is 5.45. The molecular formula is C29H22BrNO4. The van der Waals surface area contributed by atoms with Crippen LogP contribution in [0.15, 0.2) is 83.3 Å². The third-order valence-electron chi connectivity index (χ3n) is 7.47. The first kappa shape index (κ1) is 22.0. The molecule has 2 aliphatic heterocycles. The molecule has 1 saturated heterocycles. The fraction of sp³-hybridized carbons (Fsp3) is 0.207. The normalized spacial score (nSPS) is 23.3. The van der Waals surface area contributed by atoms with Crippen molar-refractivity contribution >= 4 is 45.2 Å². The zero-order valence-electron chi connectivity index (χ0n) is 19.0. The van der Waals surface area contributed by atoms with Crippen LogP contribution < -0.4 is 4.90 Å². The summed E-state index contributed by atoms with van der Waals surface area (Å²) in [5.74, 6) is -1.65. The van der Waals surface area contributed by atoms with Gasteiger partial charge in [0.1, 0.15) is 11.5 Å². The van der Waals surface area contributed by atoms with E-state index in [2.05, 4.69) is 15.9 Å². The molecule has 3 aliphatic rings. The molecular weight excluding hydrogens is 506 g/mol. The van der Waals surface area contributed by atoms with Crippen LogP contribution in [-0.2, 0) is 9.53 Å². The van der Waals surface area contributed by atoms with E-state index in [4.69, 9.17) is 4.74 Å². The highest BCUT2D eigenvalue weighted by Crippen LogP contribution is 2.60. The molecule has 3 aromatic carbocycles. The van der Waals surface area contributed by atoms with Crippen LogP contribution in [0.1, 0.15) is 44.7 Å². The van der Waals surface area contributed by atoms with Crippen molar-refractivity contribution in [1.29, 1.82) is 0 Å². The van der Waals surface area contributed by atoms with Crippen LogP contribution in [-0.4, -0.2) is 36.2 Å². The van der Waals surface area contributed by atoms with E-state index in [-0.39, 0.29) is 18.2 Å². The number of para-hydroxylation sites is 1. The summed E-state index contributed by atoms with van der Waals surface area (Å²) < 4.78 is 6.45. The lowest BCUT2D eigenvalue weighted by Crippen LogP contribution is -2.48. The molecule has 3 aromatic rings. The van der Waals surface area contributed by atoms with Gasteiger partial charge in [0.05, 0.1) is 12.6 Å². The number of esters is 1. The minimum absolute atomic E-state index is 0.202. The molecule has 5 nitrogen and oxygen atoms in total. The summed E-state index contributed by atoms with van der Waals surface area (Å²) in [5, 5.41) is 0. The van der Waals surface area contributed by atoms with E-state index in [1.807, 2.05) is 65.6 Å². The van der Waals surface area contributed by atoms with Crippen LogP contribution in [0.2, 0.25) is 0 Å². The monoisotopic (exact) mass is 527 g/mol. The maximum Gasteiger partial charge on any atom is 0.329 e. The molecule has 35 heavy (non-hydrogen) atoms. The molecule has 1 spiro atoms. The molecule has 174 valence electrons. The molecule has 0 radical (unpaired) electrons. The highest BCUT2D eigenvalue weighted by atomic mass is 79.9. The molecule has 0 saturated carbocycles. The van der Waals surface area contributed by atoms with E-state index in [0.29, 0.717) is 11.1 Å². The number of benzene rings is 3. The van der Waals surface area contributed by atoms with Crippen molar-refractivity contribution in [3.63, 3.8) is 0 Å². The predicted molar refractivity (Wildman–Crippen MR) is 137 cm³/mol. The smallest absolute Gasteiger partial charge is 0.329 e. The molecule has 3 atom stereocenters. The van der Waals surface area contributed by atoms with Crippen molar-refractivity contribution in [2.24, 2.45) is 5.41 Å². The Bertz CT molecular complexity index is 1380. The van der Waals surface area contributed by atoms with E-state index < -0.39 is 29.4 Å². The number of fused-ring (bicyclic) bond motifs is 5. The number of hydrogen-bond donors (Lipinski definition) is 0. The Morgan fingerprint density at radius 1 is 0.943 bits per heavy atom. The summed E-state index contributed by atoms with van der Waals surface area (Å²) >= 11 is 3.48. The van der Waals surface area contributed by atoms with Crippen molar-refractivity contribution < 1.29 is 19.1 Å². The minimum Gasteiger partial charge on any atom is -0.464 e. The lowest BCUT2D eigenvalue weighted by atomic mass is 9.65. The van der Waals surface area contributed by atoms with Crippen molar-refractivity contribution in [3.05, 3.63) is 106 Å². The number of rotatable bonds is 3. The summed E-state index contributed by atoms with van der Waals surface area (Å²) in [6.07, 6.45) is 3.86. The summed E-state index contributed by atoms with van der Waals surface area (Å²) in [5.41, 5.74) is 1.83. The number of ether oxygens (including phenoxy) is 1. The van der Waals surface area contributed by atoms with E-state index in [0.717, 1.165) is 21.3 Å². The number of anilines is 1. The summed E-state index contributed by atoms with van der Waals surface area (Å²) in [6, 6.07) is 20.8. The lowest BCUT2D eigenvalue weighted by Gasteiger charge is -2.36. The van der Waals surface area contributed by atoms with Gasteiger partial charge in [-0.1, -0.05) is 82.7 Å². The van der Waals surface area contributed by atoms with Crippen LogP contribution in [0.25, 0.3) is 6.08 Å². The number of hydrogen-bond acceptors (Lipinski definition) is 5. The van der Waals surface area contributed by atoms with Crippen LogP contribution in [0.4, 0.5) is 5.69 Å². The average Bonchev–Trinajstić information content (AvgIpc) is 3.31. The molecule has 3 unspecified atom stereocenters. The summed E-state index contributed by atoms with van der Waals surface area (Å²) in [4.78, 5) is 44.3. The maximum atomic E-state index is 14.3. The molecule has 1 aliphatic carbocycles. The lowest BCUT2D eigenvalue weighted by molar-refractivity contribution is -0.145. The van der Waals surface area contributed by atoms with Crippen molar-refractivity contribution in [2.75, 3.05) is 11.5 Å². The molecule has 1 fully saturated rings. The minimum atomic E-state index is -1.49. The van der Waals surface area contributed by atoms with Crippen molar-refractivity contribution in [2.45, 2.75) is 24.9 Å². The Morgan fingerprint density at radius 3 is 2.23 bits per heavy atom. The van der Waals surface area contributed by atoms with Crippen molar-refractivity contribution in [1.82, 2.24) is 0 Å². The van der Waals surface area contributed by atoms with E-state index in [1.165, 1.54) is 0 Å². The number of ketones is 2. The Hall–Kier alpha value is -3.51. The highest BCUT2D eigenvalue weighted by molar-refractivity contribution is 9.10. The number of nitrogens with zero attached hydrogens (tertiary/aromatic N) is 1. The number of carbonyl (C=O) groups excluding carboxylic acids is 3. The first-order valence-corrected chi connectivity index (χ1v) is 12.5. The summed E-state index contributed by atoms with van der Waals surface area (Å²) in [6.45, 7) is 1.97. The van der Waals surface area contributed by atoms with Crippen molar-refractivity contribution in [3.8, 4) is 0 Å². The summed E-state index contributed by atoms with van der Waals surface area (Å²) in [7, 11) is 0. The molecule has 0 bridgehead atoms. The van der Waals surface area contributed by atoms with Crippen LogP contribution in [0, 0.1) is 5.41 Å². The number of halogens is 1. The Labute approximate surface area is 211 Å². The third-order valence-corrected chi connectivity index (χ3v) is 8.00. The van der Waals surface area contributed by atoms with E-state index in [1.54, 1.807) is 31.2 Å². The van der Waals surface area contributed by atoms with Gasteiger partial charge in [0.25, 0.3) is 0 Å². The molecule has 0 amide bonds. The fourth-order valence-corrected chi connectivity index (χ4v) is 6.42. The molecule has 6 heteroatoms. The molecule has 0 aromatic heterocycles. The second-order valence-electron chi connectivity index (χ2n) is 9.07. The average molecular weight is 528 g/mol. The Balaban J connectivity index is 1.67. The van der Waals surface area contributed by atoms with Gasteiger partial charge in [-0.15, -0.1) is 0 Å². The first-order chi connectivity index (χ1) is 17.0. The fourth-order valence-electron chi connectivity index (χ4n) is 6.16. The van der Waals surface area contributed by atoms with Crippen LogP contribution >= 0.6 is 15.9 Å². The second kappa shape index (κ2) is 8.02. The molecule has 6 rings (SSSR count). The standard InChI is InChI=1S/C29H22BrNO4/c1-2-35-28(34)25-24(18-11-14-19(30)15-12-18)29(26(32)20-8-4-5-9-21(20)27(29)33)23-16-13-17-7-3-6-10-22(17)31(23)25/h3-16,23-25H,2H2,1H3. The first-order valence-electron chi connectivity index (χ1n) is 11.7. The Kier molecular flexibility index (Phi) is 5.04. The number of carbonyl (C=O) groups is 3. The quantitative estimate of drug-likeness (QED) is 0.335. The number of Topliss-reactive ketones (excluding diaryl/α,β-unsaturated/α-hetero) is 2. The van der Waals surface area contributed by atoms with Gasteiger partial charge in [0, 0.05) is 27.2 Å². The zero-order chi connectivity index (χ0) is 24.3. The molecule has 2 heterocycles. The largest absolute Gasteiger partial charge is 0.464 e. The van der Waals surface area contributed by atoms with Gasteiger partial charge in [-0.2, -0.15) is 0 Å². The van der Waals surface area contributed by atoms with Crippen LogP contribution in [0.3, 0.4) is 0 Å². The second-order valence-corrected chi connectivity index (χ2v) is 9.98. The Morgan fingerprint density at radius 2 is 1.57 bits per heavy atom. The van der Waals surface area contributed by atoms with Gasteiger partial charge in [0.15, 0.2) is 11.6 Å². The van der Waals surface area contributed by atoms with Gasteiger partial charge in [-0.25, -0.2) is 4.79 Å². The third kappa shape index (κ3) is 2.89. The van der Waals surface area contributed by atoms with E-state index in [9.17, 15) is 14.4 Å². The van der Waals surface area contributed by atoms with Gasteiger partial charge < -0.3 is 9.64 Å².